The van der Waals surface area contributed by atoms with Crippen molar-refractivity contribution in [3.8, 4) is 0 Å². The van der Waals surface area contributed by atoms with E-state index < -0.39 is 11.6 Å². The molecular formula is C10H5FNO2. The average molecular weight is 190 g/mol. The number of hydrogen-bond donors (Lipinski definition) is 1. The van der Waals surface area contributed by atoms with Gasteiger partial charge in [0.1, 0.15) is 5.82 Å². The Balaban J connectivity index is 2.79. The minimum Gasteiger partial charge on any atom is -0.360 e. The number of aromatic nitrogens is 1. The highest BCUT2D eigenvalue weighted by molar-refractivity contribution is 6.36. The van der Waals surface area contributed by atoms with E-state index in [1.807, 2.05) is 0 Å². The number of carbonyl (C=O) groups is 1. The number of carbonyl (C=O) groups excluding carboxylic acids is 2. The normalized spacial score (nSPS) is 10.4. The third-order valence-electron chi connectivity index (χ3n) is 1.99. The fourth-order valence-electron chi connectivity index (χ4n) is 1.37. The Kier molecular flexibility index (Phi) is 1.89. The number of halogens is 1. The Morgan fingerprint density at radius 2 is 2.21 bits per heavy atom. The van der Waals surface area contributed by atoms with Gasteiger partial charge in [0.2, 0.25) is 5.78 Å². The zero-order valence-electron chi connectivity index (χ0n) is 7.00. The fraction of sp³-hybridized carbons (Fsp3) is 0. The van der Waals surface area contributed by atoms with Gasteiger partial charge < -0.3 is 4.98 Å². The van der Waals surface area contributed by atoms with Gasteiger partial charge in [0.25, 0.3) is 6.29 Å². The first-order valence-corrected chi connectivity index (χ1v) is 3.92. The van der Waals surface area contributed by atoms with Gasteiger partial charge in [-0.15, -0.1) is 0 Å². The van der Waals surface area contributed by atoms with E-state index in [9.17, 15) is 14.0 Å². The van der Waals surface area contributed by atoms with Crippen molar-refractivity contribution in [3.63, 3.8) is 0 Å². The van der Waals surface area contributed by atoms with Crippen molar-refractivity contribution in [3.05, 3.63) is 35.8 Å². The van der Waals surface area contributed by atoms with Gasteiger partial charge in [-0.1, -0.05) is 6.07 Å². The molecule has 1 heterocycles. The Morgan fingerprint density at radius 1 is 1.43 bits per heavy atom. The van der Waals surface area contributed by atoms with Crippen LogP contribution in [0.1, 0.15) is 10.4 Å². The summed E-state index contributed by atoms with van der Waals surface area (Å²) in [5.41, 5.74) is 0.511. The van der Waals surface area contributed by atoms with Gasteiger partial charge >= 0.3 is 0 Å². The smallest absolute Gasteiger partial charge is 0.277 e. The van der Waals surface area contributed by atoms with Crippen LogP contribution in [0, 0.1) is 5.82 Å². The van der Waals surface area contributed by atoms with Crippen LogP contribution in [-0.2, 0) is 4.79 Å². The summed E-state index contributed by atoms with van der Waals surface area (Å²) < 4.78 is 13.3. The number of hydrogen-bond acceptors (Lipinski definition) is 2. The zero-order chi connectivity index (χ0) is 10.1. The maximum absolute atomic E-state index is 13.3. The fourth-order valence-corrected chi connectivity index (χ4v) is 1.37. The van der Waals surface area contributed by atoms with Gasteiger partial charge in [-0.05, 0) is 12.1 Å². The Morgan fingerprint density at radius 3 is 2.93 bits per heavy atom. The first kappa shape index (κ1) is 8.62. The van der Waals surface area contributed by atoms with Crippen LogP contribution in [0.2, 0.25) is 0 Å². The average Bonchev–Trinajstić information content (AvgIpc) is 2.62. The molecule has 1 radical (unpaired) electrons. The lowest BCUT2D eigenvalue weighted by atomic mass is 10.1. The highest BCUT2D eigenvalue weighted by atomic mass is 19.1. The molecule has 4 heteroatoms. The van der Waals surface area contributed by atoms with Crippen LogP contribution in [0.25, 0.3) is 10.9 Å². The molecule has 2 aromatic rings. The zero-order valence-corrected chi connectivity index (χ0v) is 7.00. The van der Waals surface area contributed by atoms with Gasteiger partial charge in [0.05, 0.1) is 5.56 Å². The number of Topliss-reactive ketones (excluding diaryl/α,β-unsaturated/α-hetero) is 1. The summed E-state index contributed by atoms with van der Waals surface area (Å²) in [6.45, 7) is 0. The SMILES string of the molecule is O=[C]C(=O)c1c[nH]c2cccc(F)c12. The van der Waals surface area contributed by atoms with Gasteiger partial charge in [-0.25, -0.2) is 4.39 Å². The topological polar surface area (TPSA) is 49.9 Å². The largest absolute Gasteiger partial charge is 0.360 e. The third kappa shape index (κ3) is 1.12. The van der Waals surface area contributed by atoms with Gasteiger partial charge in [-0.2, -0.15) is 0 Å². The number of ketones is 1. The molecule has 0 bridgehead atoms. The van der Waals surface area contributed by atoms with Crippen molar-refractivity contribution >= 4 is 23.0 Å². The van der Waals surface area contributed by atoms with Crippen molar-refractivity contribution in [2.75, 3.05) is 0 Å². The summed E-state index contributed by atoms with van der Waals surface area (Å²) in [6.07, 6.45) is 2.52. The Labute approximate surface area is 78.5 Å². The van der Waals surface area contributed by atoms with Crippen LogP contribution in [0.3, 0.4) is 0 Å². The van der Waals surface area contributed by atoms with Gasteiger partial charge in [-0.3, -0.25) is 9.59 Å². The van der Waals surface area contributed by atoms with Crippen molar-refractivity contribution < 1.29 is 14.0 Å². The van der Waals surface area contributed by atoms with Gasteiger partial charge in [0.15, 0.2) is 0 Å². The van der Waals surface area contributed by atoms with Crippen molar-refractivity contribution in [2.24, 2.45) is 0 Å². The lowest BCUT2D eigenvalue weighted by molar-refractivity contribution is 0.106. The summed E-state index contributed by atoms with van der Waals surface area (Å²) in [5, 5.41) is 0.140. The molecule has 0 atom stereocenters. The molecule has 1 N–H and O–H groups in total. The number of nitrogens with one attached hydrogen (secondary N) is 1. The second-order valence-corrected chi connectivity index (χ2v) is 2.80. The van der Waals surface area contributed by atoms with E-state index in [0.717, 1.165) is 0 Å². The number of aromatic amines is 1. The summed E-state index contributed by atoms with van der Waals surface area (Å²) in [4.78, 5) is 23.9. The standard InChI is InChI=1S/C10H5FNO2/c11-7-2-1-3-8-10(7)6(4-12-8)9(14)5-13/h1-4,12H. The van der Waals surface area contributed by atoms with E-state index in [2.05, 4.69) is 4.98 Å². The number of rotatable bonds is 2. The van der Waals surface area contributed by atoms with E-state index in [0.29, 0.717) is 5.52 Å². The van der Waals surface area contributed by atoms with E-state index in [4.69, 9.17) is 0 Å². The lowest BCUT2D eigenvalue weighted by Gasteiger charge is -1.93. The van der Waals surface area contributed by atoms with Gasteiger partial charge in [0, 0.05) is 17.1 Å². The van der Waals surface area contributed by atoms with Crippen LogP contribution in [-0.4, -0.2) is 17.1 Å². The molecule has 1 aromatic carbocycles. The highest BCUT2D eigenvalue weighted by Gasteiger charge is 2.14. The van der Waals surface area contributed by atoms with Crippen molar-refractivity contribution in [2.45, 2.75) is 0 Å². The molecule has 1 aromatic heterocycles. The lowest BCUT2D eigenvalue weighted by Crippen LogP contribution is -1.98. The van der Waals surface area contributed by atoms with E-state index in [-0.39, 0.29) is 10.9 Å². The minimum atomic E-state index is -0.846. The number of fused-ring (bicyclic) bond motifs is 1. The predicted octanol–water partition coefficient (Wildman–Crippen LogP) is 1.60. The molecule has 2 rings (SSSR count). The molecule has 69 valence electrons. The number of H-pyrrole nitrogens is 1. The molecule has 0 amide bonds. The molecule has 0 saturated heterocycles. The first-order valence-electron chi connectivity index (χ1n) is 3.92. The molecule has 14 heavy (non-hydrogen) atoms. The second kappa shape index (κ2) is 3.06. The minimum absolute atomic E-state index is 0.0214. The molecule has 0 aliphatic heterocycles. The van der Waals surface area contributed by atoms with E-state index in [1.54, 1.807) is 6.07 Å². The van der Waals surface area contributed by atoms with Crippen LogP contribution >= 0.6 is 0 Å². The second-order valence-electron chi connectivity index (χ2n) is 2.80. The highest BCUT2D eigenvalue weighted by Crippen LogP contribution is 2.21. The maximum Gasteiger partial charge on any atom is 0.277 e. The van der Waals surface area contributed by atoms with E-state index >= 15 is 0 Å². The number of benzene rings is 1. The summed E-state index contributed by atoms with van der Waals surface area (Å²) in [5.74, 6) is -1.37. The molecule has 0 saturated carbocycles. The molecular weight excluding hydrogens is 185 g/mol. The summed E-state index contributed by atoms with van der Waals surface area (Å²) in [6, 6.07) is 4.38. The molecule has 0 fully saturated rings. The quantitative estimate of drug-likeness (QED) is 0.577. The Hall–Kier alpha value is -1.97. The third-order valence-corrected chi connectivity index (χ3v) is 1.99. The first-order chi connectivity index (χ1) is 6.74. The maximum atomic E-state index is 13.3. The van der Waals surface area contributed by atoms with E-state index in [1.165, 1.54) is 24.6 Å². The molecule has 0 unspecified atom stereocenters. The Bertz CT molecular complexity index is 516. The predicted molar refractivity (Wildman–Crippen MR) is 48.3 cm³/mol. The molecule has 0 spiro atoms. The monoisotopic (exact) mass is 190 g/mol. The summed E-state index contributed by atoms with van der Waals surface area (Å²) >= 11 is 0. The van der Waals surface area contributed by atoms with Crippen LogP contribution in [0.15, 0.2) is 24.4 Å². The van der Waals surface area contributed by atoms with Crippen LogP contribution < -0.4 is 0 Å². The van der Waals surface area contributed by atoms with Crippen molar-refractivity contribution in [1.82, 2.24) is 4.98 Å². The molecule has 3 nitrogen and oxygen atoms in total. The summed E-state index contributed by atoms with van der Waals surface area (Å²) in [7, 11) is 0. The molecule has 0 aliphatic carbocycles. The van der Waals surface area contributed by atoms with Crippen LogP contribution in [0.4, 0.5) is 4.39 Å². The van der Waals surface area contributed by atoms with Crippen LogP contribution in [0.5, 0.6) is 0 Å². The van der Waals surface area contributed by atoms with Crippen molar-refractivity contribution in [1.29, 1.82) is 0 Å². The molecule has 0 aliphatic rings.